The summed E-state index contributed by atoms with van der Waals surface area (Å²) in [5, 5.41) is 8.45. The van der Waals surface area contributed by atoms with Gasteiger partial charge in [-0.25, -0.2) is 0 Å². The standard InChI is InChI=1S/C11H12FNO2/c1-14-9-6-5-8(4-3-7-13)11(15-2)10(9)12/h5-6H,3-4H2,1-2H3. The molecule has 0 bridgehead atoms. The van der Waals surface area contributed by atoms with E-state index in [-0.39, 0.29) is 11.5 Å². The molecule has 0 radical (unpaired) electrons. The Morgan fingerprint density at radius 1 is 1.33 bits per heavy atom. The Morgan fingerprint density at radius 3 is 2.60 bits per heavy atom. The van der Waals surface area contributed by atoms with E-state index in [2.05, 4.69) is 0 Å². The van der Waals surface area contributed by atoms with Crippen LogP contribution in [0.25, 0.3) is 0 Å². The predicted octanol–water partition coefficient (Wildman–Crippen LogP) is 2.30. The van der Waals surface area contributed by atoms with E-state index in [9.17, 15) is 4.39 Å². The van der Waals surface area contributed by atoms with Gasteiger partial charge in [-0.05, 0) is 18.1 Å². The molecule has 0 aliphatic carbocycles. The van der Waals surface area contributed by atoms with Gasteiger partial charge in [0.25, 0.3) is 0 Å². The average molecular weight is 209 g/mol. The lowest BCUT2D eigenvalue weighted by molar-refractivity contribution is 0.347. The maximum atomic E-state index is 13.6. The number of ether oxygens (including phenoxy) is 2. The molecule has 0 aliphatic rings. The lowest BCUT2D eigenvalue weighted by atomic mass is 10.1. The first-order chi connectivity index (χ1) is 7.24. The van der Waals surface area contributed by atoms with Gasteiger partial charge in [0.2, 0.25) is 5.82 Å². The van der Waals surface area contributed by atoms with Crippen LogP contribution in [-0.2, 0) is 6.42 Å². The fraction of sp³-hybridized carbons (Fsp3) is 0.364. The number of halogens is 1. The van der Waals surface area contributed by atoms with E-state index < -0.39 is 5.82 Å². The largest absolute Gasteiger partial charge is 0.494 e. The van der Waals surface area contributed by atoms with Gasteiger partial charge >= 0.3 is 0 Å². The Hall–Kier alpha value is -1.76. The summed E-state index contributed by atoms with van der Waals surface area (Å²) in [6.45, 7) is 0. The molecule has 0 aromatic heterocycles. The molecule has 0 saturated carbocycles. The molecule has 0 fully saturated rings. The van der Waals surface area contributed by atoms with Crippen LogP contribution in [0, 0.1) is 17.1 Å². The summed E-state index contributed by atoms with van der Waals surface area (Å²) < 4.78 is 23.4. The van der Waals surface area contributed by atoms with Gasteiger partial charge in [0.15, 0.2) is 11.5 Å². The van der Waals surface area contributed by atoms with E-state index in [1.165, 1.54) is 20.3 Å². The third-order valence-corrected chi connectivity index (χ3v) is 2.07. The van der Waals surface area contributed by atoms with Gasteiger partial charge in [0.1, 0.15) is 0 Å². The molecule has 0 saturated heterocycles. The van der Waals surface area contributed by atoms with Gasteiger partial charge in [0.05, 0.1) is 20.3 Å². The first-order valence-corrected chi connectivity index (χ1v) is 4.51. The second-order valence-electron chi connectivity index (χ2n) is 2.93. The number of rotatable bonds is 4. The van der Waals surface area contributed by atoms with Gasteiger partial charge in [-0.3, -0.25) is 0 Å². The van der Waals surface area contributed by atoms with Crippen molar-refractivity contribution in [1.29, 1.82) is 5.26 Å². The molecule has 1 rings (SSSR count). The molecule has 1 aromatic carbocycles. The average Bonchev–Trinajstić information content (AvgIpc) is 2.26. The molecule has 4 heteroatoms. The van der Waals surface area contributed by atoms with Crippen molar-refractivity contribution in [3.63, 3.8) is 0 Å². The van der Waals surface area contributed by atoms with E-state index in [0.717, 1.165) is 0 Å². The molecular weight excluding hydrogens is 197 g/mol. The van der Waals surface area contributed by atoms with Crippen molar-refractivity contribution in [3.05, 3.63) is 23.5 Å². The highest BCUT2D eigenvalue weighted by atomic mass is 19.1. The molecular formula is C11H12FNO2. The van der Waals surface area contributed by atoms with Crippen molar-refractivity contribution in [2.75, 3.05) is 14.2 Å². The number of nitriles is 1. The first kappa shape index (κ1) is 11.3. The van der Waals surface area contributed by atoms with Crippen LogP contribution < -0.4 is 9.47 Å². The topological polar surface area (TPSA) is 42.2 Å². The van der Waals surface area contributed by atoms with Crippen LogP contribution >= 0.6 is 0 Å². The highest BCUT2D eigenvalue weighted by Crippen LogP contribution is 2.30. The summed E-state index contributed by atoms with van der Waals surface area (Å²) in [7, 11) is 2.79. The molecule has 0 heterocycles. The molecule has 15 heavy (non-hydrogen) atoms. The van der Waals surface area contributed by atoms with Crippen LogP contribution in [0.5, 0.6) is 11.5 Å². The van der Waals surface area contributed by atoms with Crippen molar-refractivity contribution in [3.8, 4) is 17.6 Å². The Kier molecular flexibility index (Phi) is 3.92. The Balaban J connectivity index is 3.08. The molecule has 3 nitrogen and oxygen atoms in total. The minimum Gasteiger partial charge on any atom is -0.494 e. The summed E-state index contributed by atoms with van der Waals surface area (Å²) in [5.41, 5.74) is 0.678. The molecule has 0 N–H and O–H groups in total. The summed E-state index contributed by atoms with van der Waals surface area (Å²) >= 11 is 0. The molecule has 0 unspecified atom stereocenters. The molecule has 1 aromatic rings. The molecule has 80 valence electrons. The zero-order valence-electron chi connectivity index (χ0n) is 8.71. The number of benzene rings is 1. The van der Waals surface area contributed by atoms with Crippen LogP contribution in [-0.4, -0.2) is 14.2 Å². The minimum atomic E-state index is -0.518. The lowest BCUT2D eigenvalue weighted by Gasteiger charge is -2.10. The second-order valence-corrected chi connectivity index (χ2v) is 2.93. The molecule has 0 atom stereocenters. The number of hydrogen-bond acceptors (Lipinski definition) is 3. The monoisotopic (exact) mass is 209 g/mol. The fourth-order valence-corrected chi connectivity index (χ4v) is 1.34. The van der Waals surface area contributed by atoms with E-state index in [1.807, 2.05) is 6.07 Å². The number of aryl methyl sites for hydroxylation is 1. The van der Waals surface area contributed by atoms with Crippen LogP contribution in [0.15, 0.2) is 12.1 Å². The lowest BCUT2D eigenvalue weighted by Crippen LogP contribution is -1.98. The van der Waals surface area contributed by atoms with Crippen molar-refractivity contribution in [2.24, 2.45) is 0 Å². The van der Waals surface area contributed by atoms with Crippen LogP contribution in [0.2, 0.25) is 0 Å². The summed E-state index contributed by atoms with van der Waals surface area (Å²) in [6, 6.07) is 5.25. The van der Waals surface area contributed by atoms with E-state index >= 15 is 0 Å². The normalized spacial score (nSPS) is 9.47. The van der Waals surface area contributed by atoms with Gasteiger partial charge < -0.3 is 9.47 Å². The minimum absolute atomic E-state index is 0.146. The Morgan fingerprint density at radius 2 is 2.07 bits per heavy atom. The maximum absolute atomic E-state index is 13.6. The summed E-state index contributed by atoms with van der Waals surface area (Å²) in [6.07, 6.45) is 0.808. The third kappa shape index (κ3) is 2.38. The van der Waals surface area contributed by atoms with Gasteiger partial charge in [-0.2, -0.15) is 9.65 Å². The quantitative estimate of drug-likeness (QED) is 0.764. The van der Waals surface area contributed by atoms with Crippen LogP contribution in [0.4, 0.5) is 4.39 Å². The highest BCUT2D eigenvalue weighted by Gasteiger charge is 2.13. The SMILES string of the molecule is COc1ccc(CCC#N)c(OC)c1F. The number of nitrogens with zero attached hydrogens (tertiary/aromatic N) is 1. The van der Waals surface area contributed by atoms with Crippen LogP contribution in [0.3, 0.4) is 0 Å². The zero-order valence-corrected chi connectivity index (χ0v) is 8.71. The van der Waals surface area contributed by atoms with Crippen molar-refractivity contribution in [1.82, 2.24) is 0 Å². The van der Waals surface area contributed by atoms with Gasteiger partial charge in [-0.15, -0.1) is 0 Å². The van der Waals surface area contributed by atoms with E-state index in [1.54, 1.807) is 6.07 Å². The third-order valence-electron chi connectivity index (χ3n) is 2.07. The molecule has 0 amide bonds. The molecule has 0 spiro atoms. The van der Waals surface area contributed by atoms with Crippen molar-refractivity contribution in [2.45, 2.75) is 12.8 Å². The van der Waals surface area contributed by atoms with Crippen LogP contribution in [0.1, 0.15) is 12.0 Å². The predicted molar refractivity (Wildman–Crippen MR) is 53.4 cm³/mol. The van der Waals surface area contributed by atoms with Crippen molar-refractivity contribution < 1.29 is 13.9 Å². The smallest absolute Gasteiger partial charge is 0.207 e. The fourth-order valence-electron chi connectivity index (χ4n) is 1.34. The first-order valence-electron chi connectivity index (χ1n) is 4.51. The number of hydrogen-bond donors (Lipinski definition) is 0. The van der Waals surface area contributed by atoms with E-state index in [0.29, 0.717) is 18.4 Å². The summed E-state index contributed by atoms with van der Waals surface area (Å²) in [4.78, 5) is 0. The van der Waals surface area contributed by atoms with Gasteiger partial charge in [-0.1, -0.05) is 6.07 Å². The second kappa shape index (κ2) is 5.20. The van der Waals surface area contributed by atoms with Gasteiger partial charge in [0, 0.05) is 6.42 Å². The van der Waals surface area contributed by atoms with Crippen molar-refractivity contribution >= 4 is 0 Å². The highest BCUT2D eigenvalue weighted by molar-refractivity contribution is 5.42. The van der Waals surface area contributed by atoms with E-state index in [4.69, 9.17) is 14.7 Å². The Labute approximate surface area is 88.0 Å². The zero-order chi connectivity index (χ0) is 11.3. The molecule has 0 aliphatic heterocycles. The summed E-state index contributed by atoms with van der Waals surface area (Å²) in [5.74, 6) is -0.215. The Bertz CT molecular complexity index is 385. The maximum Gasteiger partial charge on any atom is 0.207 e. The number of methoxy groups -OCH3 is 2.